The molecule has 1 heterocycles. The number of benzene rings is 4. The number of aromatic nitrogens is 2. The number of hydrogen-bond donors (Lipinski definition) is 2. The van der Waals surface area contributed by atoms with Gasteiger partial charge in [-0.1, -0.05) is 73.7 Å². The van der Waals surface area contributed by atoms with E-state index in [1.165, 1.54) is 5.57 Å². The number of anilines is 4. The van der Waals surface area contributed by atoms with Crippen molar-refractivity contribution in [2.75, 3.05) is 17.4 Å². The largest absolute Gasteiger partial charge is 0.322 e. The zero-order valence-electron chi connectivity index (χ0n) is 22.8. The molecular weight excluding hydrogens is 490 g/mol. The summed E-state index contributed by atoms with van der Waals surface area (Å²) in [5.41, 5.74) is 16.0. The van der Waals surface area contributed by atoms with Crippen molar-refractivity contribution in [3.8, 4) is 16.9 Å². The van der Waals surface area contributed by atoms with E-state index in [9.17, 15) is 0 Å². The van der Waals surface area contributed by atoms with Crippen molar-refractivity contribution in [2.45, 2.75) is 13.3 Å². The molecule has 0 aliphatic heterocycles. The predicted octanol–water partition coefficient (Wildman–Crippen LogP) is 8.53. The smallest absolute Gasteiger partial charge is 0.0934 e. The molecule has 40 heavy (non-hydrogen) atoms. The monoisotopic (exact) mass is 523 g/mol. The van der Waals surface area contributed by atoms with Crippen LogP contribution in [0.4, 0.5) is 22.7 Å². The summed E-state index contributed by atoms with van der Waals surface area (Å²) in [6.45, 7) is 2.28. The Bertz CT molecular complexity index is 1620. The van der Waals surface area contributed by atoms with E-state index in [0.29, 0.717) is 5.92 Å². The standard InChI is InChI=1S/C35H33N5/c1-26-11-9-10-16-33(26)35-25-34(27-12-5-3-6-13-27)38-40(35)32-23-21-31(22-24-32)39(29-14-7-4-8-15-29)30-19-17-28(18-20-30)37-36-2/h3-10,12-26,36-37H,11H2,1-2H3. The molecule has 5 heteroatoms. The second kappa shape index (κ2) is 11.5. The predicted molar refractivity (Wildman–Crippen MR) is 167 cm³/mol. The molecule has 1 aliphatic rings. The van der Waals surface area contributed by atoms with E-state index in [1.54, 1.807) is 0 Å². The van der Waals surface area contributed by atoms with Crippen molar-refractivity contribution < 1.29 is 0 Å². The first-order valence-corrected chi connectivity index (χ1v) is 13.7. The van der Waals surface area contributed by atoms with Crippen molar-refractivity contribution in [3.05, 3.63) is 139 Å². The number of para-hydroxylation sites is 1. The van der Waals surface area contributed by atoms with Gasteiger partial charge in [-0.25, -0.2) is 10.1 Å². The van der Waals surface area contributed by atoms with Gasteiger partial charge in [0.1, 0.15) is 0 Å². The van der Waals surface area contributed by atoms with Crippen LogP contribution in [0, 0.1) is 5.92 Å². The van der Waals surface area contributed by atoms with Crippen LogP contribution in [0.5, 0.6) is 0 Å². The maximum absolute atomic E-state index is 5.10. The van der Waals surface area contributed by atoms with E-state index < -0.39 is 0 Å². The lowest BCUT2D eigenvalue weighted by Crippen LogP contribution is -2.15. The number of hydrazine groups is 1. The lowest BCUT2D eigenvalue weighted by Gasteiger charge is -2.26. The summed E-state index contributed by atoms with van der Waals surface area (Å²) >= 11 is 0. The summed E-state index contributed by atoms with van der Waals surface area (Å²) < 4.78 is 2.10. The Hall–Kier alpha value is -4.87. The molecular formula is C35H33N5. The van der Waals surface area contributed by atoms with Gasteiger partial charge >= 0.3 is 0 Å². The molecule has 1 atom stereocenters. The third-order valence-electron chi connectivity index (χ3n) is 7.27. The van der Waals surface area contributed by atoms with Gasteiger partial charge in [-0.3, -0.25) is 0 Å². The Morgan fingerprint density at radius 1 is 0.775 bits per heavy atom. The molecule has 0 radical (unpaired) electrons. The van der Waals surface area contributed by atoms with Crippen LogP contribution < -0.4 is 15.8 Å². The van der Waals surface area contributed by atoms with Crippen molar-refractivity contribution in [2.24, 2.45) is 5.92 Å². The molecule has 0 saturated heterocycles. The van der Waals surface area contributed by atoms with Gasteiger partial charge in [-0.15, -0.1) is 0 Å². The van der Waals surface area contributed by atoms with E-state index in [4.69, 9.17) is 5.10 Å². The Morgan fingerprint density at radius 2 is 1.40 bits per heavy atom. The average Bonchev–Trinajstić information content (AvgIpc) is 3.45. The summed E-state index contributed by atoms with van der Waals surface area (Å²) in [6.07, 6.45) is 7.66. The van der Waals surface area contributed by atoms with E-state index in [-0.39, 0.29) is 0 Å². The quantitative estimate of drug-likeness (QED) is 0.200. The van der Waals surface area contributed by atoms with Crippen LogP contribution in [0.2, 0.25) is 0 Å². The number of allylic oxidation sites excluding steroid dienone is 4. The van der Waals surface area contributed by atoms with Crippen LogP contribution in [-0.4, -0.2) is 16.8 Å². The normalized spacial score (nSPS) is 14.6. The highest BCUT2D eigenvalue weighted by Crippen LogP contribution is 2.37. The van der Waals surface area contributed by atoms with Crippen LogP contribution in [-0.2, 0) is 0 Å². The summed E-state index contributed by atoms with van der Waals surface area (Å²) in [4.78, 5) is 2.27. The first-order valence-electron chi connectivity index (χ1n) is 13.7. The van der Waals surface area contributed by atoms with Crippen LogP contribution in [0.3, 0.4) is 0 Å². The fraction of sp³-hybridized carbons (Fsp3) is 0.114. The second-order valence-electron chi connectivity index (χ2n) is 9.99. The Labute approximate surface area is 236 Å². The van der Waals surface area contributed by atoms with E-state index in [0.717, 1.165) is 51.8 Å². The number of rotatable bonds is 8. The highest BCUT2D eigenvalue weighted by atomic mass is 15.3. The molecule has 198 valence electrons. The molecule has 0 bridgehead atoms. The Kier molecular flexibility index (Phi) is 7.29. The van der Waals surface area contributed by atoms with Crippen LogP contribution >= 0.6 is 0 Å². The van der Waals surface area contributed by atoms with Gasteiger partial charge in [-0.05, 0) is 84.6 Å². The molecule has 0 spiro atoms. The molecule has 0 fully saturated rings. The van der Waals surface area contributed by atoms with Gasteiger partial charge < -0.3 is 10.3 Å². The maximum Gasteiger partial charge on any atom is 0.0934 e. The summed E-state index contributed by atoms with van der Waals surface area (Å²) in [5, 5.41) is 5.10. The van der Waals surface area contributed by atoms with Gasteiger partial charge in [0.05, 0.1) is 17.1 Å². The highest BCUT2D eigenvalue weighted by Gasteiger charge is 2.20. The first kappa shape index (κ1) is 25.4. The lowest BCUT2D eigenvalue weighted by molar-refractivity contribution is 0.741. The summed E-state index contributed by atoms with van der Waals surface area (Å²) in [7, 11) is 1.86. The molecule has 6 rings (SSSR count). The SMILES string of the molecule is CNNc1ccc(N(c2ccccc2)c2ccc(-n3nc(-c4ccccc4)cc3C3=CC=CCC3C)cc2)cc1. The summed E-state index contributed by atoms with van der Waals surface area (Å²) in [6, 6.07) is 40.2. The molecule has 1 aromatic heterocycles. The minimum absolute atomic E-state index is 0.428. The third-order valence-corrected chi connectivity index (χ3v) is 7.27. The Morgan fingerprint density at radius 3 is 2.05 bits per heavy atom. The van der Waals surface area contributed by atoms with Gasteiger partial charge in [0.15, 0.2) is 0 Å². The van der Waals surface area contributed by atoms with E-state index in [2.05, 4.69) is 149 Å². The average molecular weight is 524 g/mol. The minimum Gasteiger partial charge on any atom is -0.322 e. The van der Waals surface area contributed by atoms with E-state index >= 15 is 0 Å². The molecule has 4 aromatic carbocycles. The molecule has 5 nitrogen and oxygen atoms in total. The van der Waals surface area contributed by atoms with Crippen molar-refractivity contribution >= 4 is 28.3 Å². The van der Waals surface area contributed by atoms with Crippen molar-refractivity contribution in [1.29, 1.82) is 0 Å². The molecule has 1 unspecified atom stereocenters. The second-order valence-corrected chi connectivity index (χ2v) is 9.99. The molecule has 0 amide bonds. The molecule has 2 N–H and O–H groups in total. The Balaban J connectivity index is 1.41. The topological polar surface area (TPSA) is 45.1 Å². The molecule has 1 aliphatic carbocycles. The van der Waals surface area contributed by atoms with Crippen molar-refractivity contribution in [3.63, 3.8) is 0 Å². The fourth-order valence-corrected chi connectivity index (χ4v) is 5.22. The summed E-state index contributed by atoms with van der Waals surface area (Å²) in [5.74, 6) is 0.428. The van der Waals surface area contributed by atoms with Gasteiger partial charge in [0.2, 0.25) is 0 Å². The number of nitrogens with one attached hydrogen (secondary N) is 2. The third kappa shape index (κ3) is 5.20. The zero-order valence-corrected chi connectivity index (χ0v) is 22.8. The number of hydrogen-bond acceptors (Lipinski definition) is 4. The van der Waals surface area contributed by atoms with Gasteiger partial charge in [-0.2, -0.15) is 5.10 Å². The van der Waals surface area contributed by atoms with Crippen LogP contribution in [0.15, 0.2) is 133 Å². The highest BCUT2D eigenvalue weighted by molar-refractivity contribution is 5.78. The lowest BCUT2D eigenvalue weighted by atomic mass is 9.90. The molecule has 0 saturated carbocycles. The maximum atomic E-state index is 5.10. The zero-order chi connectivity index (χ0) is 27.3. The number of nitrogens with zero attached hydrogens (tertiary/aromatic N) is 3. The van der Waals surface area contributed by atoms with Crippen LogP contribution in [0.25, 0.3) is 22.5 Å². The van der Waals surface area contributed by atoms with Crippen molar-refractivity contribution in [1.82, 2.24) is 15.2 Å². The molecule has 5 aromatic rings. The first-order chi connectivity index (χ1) is 19.7. The minimum atomic E-state index is 0.428. The van der Waals surface area contributed by atoms with Gasteiger partial charge in [0, 0.05) is 35.4 Å². The van der Waals surface area contributed by atoms with E-state index in [1.807, 2.05) is 19.2 Å². The van der Waals surface area contributed by atoms with Gasteiger partial charge in [0.25, 0.3) is 0 Å². The fourth-order valence-electron chi connectivity index (χ4n) is 5.22. The van der Waals surface area contributed by atoms with Crippen LogP contribution in [0.1, 0.15) is 19.0 Å².